The van der Waals surface area contributed by atoms with Crippen LogP contribution in [-0.2, 0) is 4.74 Å². The van der Waals surface area contributed by atoms with Crippen molar-refractivity contribution in [3.63, 3.8) is 0 Å². The molecule has 0 aromatic carbocycles. The van der Waals surface area contributed by atoms with Crippen molar-refractivity contribution >= 4 is 0 Å². The Labute approximate surface area is 102 Å². The Morgan fingerprint density at radius 1 is 1.24 bits per heavy atom. The third-order valence-electron chi connectivity index (χ3n) is 3.91. The number of likely N-dealkylation sites (tertiary alicyclic amines) is 1. The SMILES string of the molecule is c1cn(C2CCN(CC3CCOC3)CC2)nn1. The Hall–Kier alpha value is -0.940. The average Bonchev–Trinajstić information content (AvgIpc) is 3.01. The summed E-state index contributed by atoms with van der Waals surface area (Å²) in [5, 5.41) is 7.98. The van der Waals surface area contributed by atoms with Crippen molar-refractivity contribution in [2.75, 3.05) is 32.8 Å². The first-order chi connectivity index (χ1) is 8.42. The van der Waals surface area contributed by atoms with Gasteiger partial charge in [0, 0.05) is 32.4 Å². The van der Waals surface area contributed by atoms with Gasteiger partial charge in [0.25, 0.3) is 0 Å². The highest BCUT2D eigenvalue weighted by atomic mass is 16.5. The molecule has 0 bridgehead atoms. The normalized spacial score (nSPS) is 27.6. The smallest absolute Gasteiger partial charge is 0.0693 e. The molecule has 3 rings (SSSR count). The summed E-state index contributed by atoms with van der Waals surface area (Å²) in [6.45, 7) is 5.50. The molecule has 3 heterocycles. The van der Waals surface area contributed by atoms with Crippen LogP contribution in [0.5, 0.6) is 0 Å². The van der Waals surface area contributed by atoms with Crippen molar-refractivity contribution in [3.05, 3.63) is 12.4 Å². The Bertz CT molecular complexity index is 326. The number of ether oxygens (including phenoxy) is 1. The summed E-state index contributed by atoms with van der Waals surface area (Å²) in [5.74, 6) is 0.762. The lowest BCUT2D eigenvalue weighted by Crippen LogP contribution is -2.38. The van der Waals surface area contributed by atoms with E-state index in [0.29, 0.717) is 6.04 Å². The lowest BCUT2D eigenvalue weighted by Gasteiger charge is -2.33. The molecule has 2 aliphatic rings. The van der Waals surface area contributed by atoms with Gasteiger partial charge in [0.05, 0.1) is 18.8 Å². The van der Waals surface area contributed by atoms with Crippen LogP contribution in [0.4, 0.5) is 0 Å². The lowest BCUT2D eigenvalue weighted by molar-refractivity contribution is 0.139. The average molecular weight is 236 g/mol. The van der Waals surface area contributed by atoms with Gasteiger partial charge in [0.1, 0.15) is 0 Å². The molecule has 5 nitrogen and oxygen atoms in total. The predicted molar refractivity (Wildman–Crippen MR) is 63.7 cm³/mol. The van der Waals surface area contributed by atoms with Gasteiger partial charge < -0.3 is 9.64 Å². The minimum atomic E-state index is 0.550. The molecule has 1 atom stereocenters. The molecule has 2 aliphatic heterocycles. The molecule has 94 valence electrons. The molecule has 2 saturated heterocycles. The highest BCUT2D eigenvalue weighted by molar-refractivity contribution is 4.80. The largest absolute Gasteiger partial charge is 0.381 e. The lowest BCUT2D eigenvalue weighted by atomic mass is 10.0. The Balaban J connectivity index is 1.47. The highest BCUT2D eigenvalue weighted by Crippen LogP contribution is 2.23. The molecule has 2 fully saturated rings. The van der Waals surface area contributed by atoms with Crippen molar-refractivity contribution in [1.82, 2.24) is 19.9 Å². The van der Waals surface area contributed by atoms with Gasteiger partial charge >= 0.3 is 0 Å². The summed E-state index contributed by atoms with van der Waals surface area (Å²) in [7, 11) is 0. The molecule has 0 aliphatic carbocycles. The monoisotopic (exact) mass is 236 g/mol. The Kier molecular flexibility index (Phi) is 3.38. The summed E-state index contributed by atoms with van der Waals surface area (Å²) in [6, 6.07) is 0.550. The molecule has 0 spiro atoms. The minimum absolute atomic E-state index is 0.550. The second-order valence-electron chi connectivity index (χ2n) is 5.14. The second kappa shape index (κ2) is 5.14. The van der Waals surface area contributed by atoms with Gasteiger partial charge in [-0.3, -0.25) is 0 Å². The zero-order chi connectivity index (χ0) is 11.5. The second-order valence-corrected chi connectivity index (χ2v) is 5.14. The zero-order valence-corrected chi connectivity index (χ0v) is 10.2. The fourth-order valence-corrected chi connectivity index (χ4v) is 2.87. The number of hydrogen-bond acceptors (Lipinski definition) is 4. The van der Waals surface area contributed by atoms with E-state index < -0.39 is 0 Å². The Morgan fingerprint density at radius 3 is 2.76 bits per heavy atom. The number of rotatable bonds is 3. The van der Waals surface area contributed by atoms with Crippen LogP contribution in [-0.4, -0.2) is 52.7 Å². The quantitative estimate of drug-likeness (QED) is 0.784. The van der Waals surface area contributed by atoms with E-state index in [4.69, 9.17) is 4.74 Å². The summed E-state index contributed by atoms with van der Waals surface area (Å²) in [6.07, 6.45) is 7.37. The molecule has 0 saturated carbocycles. The van der Waals surface area contributed by atoms with Crippen LogP contribution in [0.15, 0.2) is 12.4 Å². The van der Waals surface area contributed by atoms with E-state index in [9.17, 15) is 0 Å². The zero-order valence-electron chi connectivity index (χ0n) is 10.2. The number of nitrogens with zero attached hydrogens (tertiary/aromatic N) is 4. The molecule has 1 aromatic rings. The maximum Gasteiger partial charge on any atom is 0.0693 e. The van der Waals surface area contributed by atoms with Crippen LogP contribution in [0.25, 0.3) is 0 Å². The molecule has 17 heavy (non-hydrogen) atoms. The van der Waals surface area contributed by atoms with Gasteiger partial charge in [-0.1, -0.05) is 5.21 Å². The van der Waals surface area contributed by atoms with Crippen LogP contribution < -0.4 is 0 Å². The predicted octanol–water partition coefficient (Wildman–Crippen LogP) is 0.952. The Morgan fingerprint density at radius 2 is 2.12 bits per heavy atom. The first-order valence-corrected chi connectivity index (χ1v) is 6.58. The third kappa shape index (κ3) is 2.66. The maximum atomic E-state index is 5.43. The van der Waals surface area contributed by atoms with Gasteiger partial charge in [-0.15, -0.1) is 5.10 Å². The van der Waals surface area contributed by atoms with Gasteiger partial charge in [-0.05, 0) is 25.2 Å². The van der Waals surface area contributed by atoms with Crippen molar-refractivity contribution in [1.29, 1.82) is 0 Å². The summed E-state index contributed by atoms with van der Waals surface area (Å²) in [5.41, 5.74) is 0. The minimum Gasteiger partial charge on any atom is -0.381 e. The van der Waals surface area contributed by atoms with Crippen LogP contribution >= 0.6 is 0 Å². The first-order valence-electron chi connectivity index (χ1n) is 6.58. The standard InChI is InChI=1S/C12H20N4O/c1-5-15(9-11-3-8-17-10-11)6-2-12(1)16-7-4-13-14-16/h4,7,11-12H,1-3,5-6,8-10H2. The van der Waals surface area contributed by atoms with Crippen molar-refractivity contribution in [2.24, 2.45) is 5.92 Å². The molecule has 0 N–H and O–H groups in total. The molecule has 5 heteroatoms. The van der Waals surface area contributed by atoms with Crippen LogP contribution in [0, 0.1) is 5.92 Å². The number of piperidine rings is 1. The van der Waals surface area contributed by atoms with Crippen molar-refractivity contribution in [3.8, 4) is 0 Å². The third-order valence-corrected chi connectivity index (χ3v) is 3.91. The number of aromatic nitrogens is 3. The molecule has 0 amide bonds. The van der Waals surface area contributed by atoms with Crippen molar-refractivity contribution in [2.45, 2.75) is 25.3 Å². The molecular formula is C12H20N4O. The van der Waals surface area contributed by atoms with Crippen LogP contribution in [0.1, 0.15) is 25.3 Å². The van der Waals surface area contributed by atoms with E-state index in [0.717, 1.165) is 19.1 Å². The number of hydrogen-bond donors (Lipinski definition) is 0. The fraction of sp³-hybridized carbons (Fsp3) is 0.833. The van der Waals surface area contributed by atoms with Gasteiger partial charge in [0.15, 0.2) is 0 Å². The van der Waals surface area contributed by atoms with Gasteiger partial charge in [0.2, 0.25) is 0 Å². The summed E-state index contributed by atoms with van der Waals surface area (Å²) >= 11 is 0. The van der Waals surface area contributed by atoms with Crippen molar-refractivity contribution < 1.29 is 4.74 Å². The highest BCUT2D eigenvalue weighted by Gasteiger charge is 2.24. The van der Waals surface area contributed by atoms with E-state index in [1.54, 1.807) is 6.20 Å². The van der Waals surface area contributed by atoms with E-state index in [2.05, 4.69) is 15.2 Å². The van der Waals surface area contributed by atoms with E-state index in [1.807, 2.05) is 10.9 Å². The van der Waals surface area contributed by atoms with E-state index in [1.165, 1.54) is 38.9 Å². The molecule has 0 radical (unpaired) electrons. The van der Waals surface area contributed by atoms with Gasteiger partial charge in [-0.25, -0.2) is 4.68 Å². The topological polar surface area (TPSA) is 43.2 Å². The maximum absolute atomic E-state index is 5.43. The fourth-order valence-electron chi connectivity index (χ4n) is 2.87. The molecule has 1 unspecified atom stereocenters. The first kappa shape index (κ1) is 11.2. The van der Waals surface area contributed by atoms with Gasteiger partial charge in [-0.2, -0.15) is 0 Å². The summed E-state index contributed by atoms with van der Waals surface area (Å²) < 4.78 is 7.44. The van der Waals surface area contributed by atoms with Crippen LogP contribution in [0.3, 0.4) is 0 Å². The molecular weight excluding hydrogens is 216 g/mol. The van der Waals surface area contributed by atoms with Crippen LogP contribution in [0.2, 0.25) is 0 Å². The van der Waals surface area contributed by atoms with E-state index >= 15 is 0 Å². The van der Waals surface area contributed by atoms with E-state index in [-0.39, 0.29) is 0 Å². The summed E-state index contributed by atoms with van der Waals surface area (Å²) in [4.78, 5) is 2.58. The molecule has 1 aromatic heterocycles.